The Morgan fingerprint density at radius 3 is 2.56 bits per heavy atom. The second-order valence-corrected chi connectivity index (χ2v) is 9.27. The molecule has 140 valence electrons. The molecule has 2 aliphatic heterocycles. The number of ether oxygens (including phenoxy) is 1. The first-order valence-electron chi connectivity index (χ1n) is 9.11. The lowest BCUT2D eigenvalue weighted by atomic mass is 10.0. The van der Waals surface area contributed by atoms with Gasteiger partial charge in [0.2, 0.25) is 0 Å². The number of rotatable bonds is 4. The Morgan fingerprint density at radius 1 is 1.04 bits per heavy atom. The van der Waals surface area contributed by atoms with Crippen LogP contribution in [0.2, 0.25) is 0 Å². The molecule has 2 aromatic carbocycles. The minimum Gasteiger partial charge on any atom is -0.452 e. The molecule has 6 heteroatoms. The van der Waals surface area contributed by atoms with Gasteiger partial charge in [-0.05, 0) is 42.2 Å². The van der Waals surface area contributed by atoms with Crippen molar-refractivity contribution in [3.63, 3.8) is 0 Å². The smallest absolute Gasteiger partial charge is 0.338 e. The SMILES string of the molecule is O=C(OCC(=O)N1CCCc2ccccc21)c1ccc(C2SCCS2)cc1. The average Bonchev–Trinajstić information content (AvgIpc) is 3.26. The van der Waals surface area contributed by atoms with Crippen LogP contribution in [0.4, 0.5) is 5.69 Å². The summed E-state index contributed by atoms with van der Waals surface area (Å²) < 4.78 is 5.74. The van der Waals surface area contributed by atoms with Crippen LogP contribution in [0.5, 0.6) is 0 Å². The minimum atomic E-state index is -0.452. The highest BCUT2D eigenvalue weighted by molar-refractivity contribution is 8.19. The highest BCUT2D eigenvalue weighted by atomic mass is 32.2. The fraction of sp³-hybridized carbons (Fsp3) is 0.333. The molecule has 0 atom stereocenters. The van der Waals surface area contributed by atoms with Gasteiger partial charge in [0.1, 0.15) is 0 Å². The Kier molecular flexibility index (Phi) is 5.74. The van der Waals surface area contributed by atoms with Gasteiger partial charge in [-0.2, -0.15) is 0 Å². The Bertz CT molecular complexity index is 832. The van der Waals surface area contributed by atoms with Gasteiger partial charge in [-0.25, -0.2) is 4.79 Å². The molecule has 2 aliphatic rings. The molecule has 27 heavy (non-hydrogen) atoms. The van der Waals surface area contributed by atoms with Crippen molar-refractivity contribution in [1.82, 2.24) is 0 Å². The van der Waals surface area contributed by atoms with E-state index in [2.05, 4.69) is 0 Å². The van der Waals surface area contributed by atoms with Crippen LogP contribution in [0.1, 0.15) is 32.5 Å². The zero-order valence-electron chi connectivity index (χ0n) is 14.9. The van der Waals surface area contributed by atoms with Crippen molar-refractivity contribution in [2.45, 2.75) is 17.4 Å². The molecule has 4 rings (SSSR count). The van der Waals surface area contributed by atoms with Crippen molar-refractivity contribution in [2.75, 3.05) is 29.6 Å². The van der Waals surface area contributed by atoms with Crippen LogP contribution in [0.15, 0.2) is 48.5 Å². The summed E-state index contributed by atoms with van der Waals surface area (Å²) in [5.74, 6) is 1.71. The van der Waals surface area contributed by atoms with Gasteiger partial charge in [0.25, 0.3) is 5.91 Å². The van der Waals surface area contributed by atoms with E-state index < -0.39 is 5.97 Å². The lowest BCUT2D eigenvalue weighted by Gasteiger charge is -2.29. The van der Waals surface area contributed by atoms with Crippen molar-refractivity contribution in [3.8, 4) is 0 Å². The number of hydrogen-bond acceptors (Lipinski definition) is 5. The number of esters is 1. The second kappa shape index (κ2) is 8.40. The number of carbonyl (C=O) groups excluding carboxylic acids is 2. The van der Waals surface area contributed by atoms with E-state index in [0.717, 1.165) is 18.5 Å². The van der Waals surface area contributed by atoms with Gasteiger partial charge < -0.3 is 9.64 Å². The van der Waals surface area contributed by atoms with E-state index in [1.54, 1.807) is 17.0 Å². The van der Waals surface area contributed by atoms with E-state index in [0.29, 0.717) is 16.7 Å². The first-order valence-corrected chi connectivity index (χ1v) is 11.2. The molecule has 2 heterocycles. The van der Waals surface area contributed by atoms with Crippen molar-refractivity contribution in [1.29, 1.82) is 0 Å². The van der Waals surface area contributed by atoms with Gasteiger partial charge in [0.15, 0.2) is 6.61 Å². The fourth-order valence-corrected chi connectivity index (χ4v) is 6.27. The number of carbonyl (C=O) groups is 2. The van der Waals surface area contributed by atoms with Crippen LogP contribution in [-0.2, 0) is 16.0 Å². The fourth-order valence-electron chi connectivity index (χ4n) is 3.41. The monoisotopic (exact) mass is 399 g/mol. The molecule has 0 spiro atoms. The summed E-state index contributed by atoms with van der Waals surface area (Å²) >= 11 is 3.86. The van der Waals surface area contributed by atoms with Crippen molar-refractivity contribution in [3.05, 3.63) is 65.2 Å². The molecular weight excluding hydrogens is 378 g/mol. The largest absolute Gasteiger partial charge is 0.452 e. The molecule has 0 aromatic heterocycles. The summed E-state index contributed by atoms with van der Waals surface area (Å²) in [6.45, 7) is 0.433. The molecule has 0 bridgehead atoms. The van der Waals surface area contributed by atoms with Crippen LogP contribution < -0.4 is 4.90 Å². The highest BCUT2D eigenvalue weighted by Crippen LogP contribution is 2.45. The third kappa shape index (κ3) is 4.17. The van der Waals surface area contributed by atoms with E-state index in [1.165, 1.54) is 22.6 Å². The number of hydrogen-bond donors (Lipinski definition) is 0. The lowest BCUT2D eigenvalue weighted by Crippen LogP contribution is -2.38. The molecule has 1 amide bonds. The third-order valence-electron chi connectivity index (χ3n) is 4.78. The number of amides is 1. The summed E-state index contributed by atoms with van der Waals surface area (Å²) in [6, 6.07) is 15.5. The molecule has 0 saturated carbocycles. The molecule has 1 fully saturated rings. The van der Waals surface area contributed by atoms with Crippen LogP contribution >= 0.6 is 23.5 Å². The van der Waals surface area contributed by atoms with E-state index in [1.807, 2.05) is 59.9 Å². The van der Waals surface area contributed by atoms with E-state index in [4.69, 9.17) is 4.74 Å². The van der Waals surface area contributed by atoms with Gasteiger partial charge >= 0.3 is 5.97 Å². The summed E-state index contributed by atoms with van der Waals surface area (Å²) in [6.07, 6.45) is 1.90. The average molecular weight is 400 g/mol. The van der Waals surface area contributed by atoms with Gasteiger partial charge in [0, 0.05) is 23.7 Å². The Labute approximate surface area is 167 Å². The van der Waals surface area contributed by atoms with Crippen LogP contribution in [0.3, 0.4) is 0 Å². The van der Waals surface area contributed by atoms with Crippen molar-refractivity contribution < 1.29 is 14.3 Å². The quantitative estimate of drug-likeness (QED) is 0.718. The summed E-state index contributed by atoms with van der Waals surface area (Å²) in [5, 5.41) is 0. The summed E-state index contributed by atoms with van der Waals surface area (Å²) in [5.41, 5.74) is 3.81. The summed E-state index contributed by atoms with van der Waals surface area (Å²) in [4.78, 5) is 26.6. The molecule has 2 aromatic rings. The molecule has 0 radical (unpaired) electrons. The first-order chi connectivity index (χ1) is 13.2. The third-order valence-corrected chi connectivity index (χ3v) is 7.88. The Morgan fingerprint density at radius 2 is 1.78 bits per heavy atom. The highest BCUT2D eigenvalue weighted by Gasteiger charge is 2.23. The molecule has 4 nitrogen and oxygen atoms in total. The minimum absolute atomic E-state index is 0.175. The maximum Gasteiger partial charge on any atom is 0.338 e. The molecule has 0 N–H and O–H groups in total. The van der Waals surface area contributed by atoms with Gasteiger partial charge in [0.05, 0.1) is 10.1 Å². The maximum absolute atomic E-state index is 12.6. The first kappa shape index (κ1) is 18.4. The normalized spacial score (nSPS) is 16.8. The van der Waals surface area contributed by atoms with Crippen LogP contribution in [0.25, 0.3) is 0 Å². The topological polar surface area (TPSA) is 46.6 Å². The standard InChI is InChI=1S/C21H21NO3S2/c23-19(22-11-3-5-15-4-1-2-6-18(15)22)14-25-20(24)16-7-9-17(10-8-16)21-26-12-13-27-21/h1-2,4,6-10,21H,3,5,11-14H2. The molecule has 0 unspecified atom stereocenters. The number of aryl methyl sites for hydroxylation is 1. The van der Waals surface area contributed by atoms with Gasteiger partial charge in [-0.3, -0.25) is 4.79 Å². The predicted octanol–water partition coefficient (Wildman–Crippen LogP) is 4.30. The second-order valence-electron chi connectivity index (χ2n) is 6.55. The van der Waals surface area contributed by atoms with Crippen molar-refractivity contribution in [2.24, 2.45) is 0 Å². The van der Waals surface area contributed by atoms with E-state index in [-0.39, 0.29) is 12.5 Å². The zero-order chi connectivity index (χ0) is 18.6. The number of anilines is 1. The predicted molar refractivity (Wildman–Crippen MR) is 111 cm³/mol. The summed E-state index contributed by atoms with van der Waals surface area (Å²) in [7, 11) is 0. The Hall–Kier alpha value is -1.92. The van der Waals surface area contributed by atoms with E-state index in [9.17, 15) is 9.59 Å². The molecule has 1 saturated heterocycles. The molecular formula is C21H21NO3S2. The lowest BCUT2D eigenvalue weighted by molar-refractivity contribution is -0.121. The van der Waals surface area contributed by atoms with Crippen molar-refractivity contribution >= 4 is 41.1 Å². The Balaban J connectivity index is 1.36. The number of fused-ring (bicyclic) bond motifs is 1. The maximum atomic E-state index is 12.6. The number of para-hydroxylation sites is 1. The van der Waals surface area contributed by atoms with Crippen LogP contribution in [-0.4, -0.2) is 36.5 Å². The zero-order valence-corrected chi connectivity index (χ0v) is 16.6. The molecule has 0 aliphatic carbocycles. The number of thioether (sulfide) groups is 2. The van der Waals surface area contributed by atoms with E-state index >= 15 is 0 Å². The van der Waals surface area contributed by atoms with Crippen LogP contribution in [0, 0.1) is 0 Å². The van der Waals surface area contributed by atoms with Gasteiger partial charge in [-0.15, -0.1) is 23.5 Å². The number of nitrogens with zero attached hydrogens (tertiary/aromatic N) is 1. The number of benzene rings is 2. The van der Waals surface area contributed by atoms with Gasteiger partial charge in [-0.1, -0.05) is 30.3 Å².